The number of nitrogens with two attached hydrogens (primary N) is 1. The first kappa shape index (κ1) is 14.4. The van der Waals surface area contributed by atoms with Gasteiger partial charge < -0.3 is 10.6 Å². The highest BCUT2D eigenvalue weighted by Gasteiger charge is 2.24. The van der Waals surface area contributed by atoms with Crippen LogP contribution in [0.15, 0.2) is 37.6 Å². The third-order valence-electron chi connectivity index (χ3n) is 2.32. The predicted octanol–water partition coefficient (Wildman–Crippen LogP) is 1.39. The summed E-state index contributed by atoms with van der Waals surface area (Å²) in [6.07, 6.45) is 4.03. The molecule has 0 spiro atoms. The molecule has 2 N–H and O–H groups in total. The van der Waals surface area contributed by atoms with E-state index in [-0.39, 0.29) is 30.2 Å². The molecule has 0 radical (unpaired) electrons. The van der Waals surface area contributed by atoms with Gasteiger partial charge in [-0.15, -0.1) is 13.2 Å². The van der Waals surface area contributed by atoms with Crippen molar-refractivity contribution in [1.82, 2.24) is 9.88 Å². The average molecular weight is 262 g/mol. The van der Waals surface area contributed by atoms with Gasteiger partial charge >= 0.3 is 0 Å². The first-order chi connectivity index (χ1) is 9.01. The minimum absolute atomic E-state index is 0.0473. The molecule has 7 heteroatoms. The van der Waals surface area contributed by atoms with Gasteiger partial charge in [-0.2, -0.15) is 0 Å². The first-order valence-electron chi connectivity index (χ1n) is 5.42. The summed E-state index contributed by atoms with van der Waals surface area (Å²) in [5.41, 5.74) is 5.00. The number of hydrogen-bond donors (Lipinski definition) is 1. The summed E-state index contributed by atoms with van der Waals surface area (Å²) >= 11 is 0. The van der Waals surface area contributed by atoms with Crippen LogP contribution in [0.3, 0.4) is 0 Å². The molecule has 0 bridgehead atoms. The maximum atomic E-state index is 12.2. The lowest BCUT2D eigenvalue weighted by atomic mass is 10.2. The molecule has 1 aromatic rings. The van der Waals surface area contributed by atoms with E-state index in [4.69, 9.17) is 5.73 Å². The zero-order valence-electron chi connectivity index (χ0n) is 10.3. The number of carbonyl (C=O) groups excluding carboxylic acids is 1. The lowest BCUT2D eigenvalue weighted by Crippen LogP contribution is -2.31. The van der Waals surface area contributed by atoms with Crippen molar-refractivity contribution in [1.29, 1.82) is 0 Å². The molecule has 0 saturated carbocycles. The fraction of sp³-hybridized carbons (Fsp3) is 0.167. The standard InChI is InChI=1S/C12H14N4O3/c1-3-5-15(6-4-2)12(17)9-7-11(13)14-8-10(9)16(18)19/h3-4,7-8H,1-2,5-6H2,(H2,13,14). The largest absolute Gasteiger partial charge is 0.384 e. The average Bonchev–Trinajstić information content (AvgIpc) is 2.37. The summed E-state index contributed by atoms with van der Waals surface area (Å²) < 4.78 is 0. The summed E-state index contributed by atoms with van der Waals surface area (Å²) in [7, 11) is 0. The van der Waals surface area contributed by atoms with Crippen LogP contribution in [0, 0.1) is 10.1 Å². The van der Waals surface area contributed by atoms with Crippen molar-refractivity contribution >= 4 is 17.4 Å². The molecule has 0 atom stereocenters. The summed E-state index contributed by atoms with van der Waals surface area (Å²) in [4.78, 5) is 27.5. The Hall–Kier alpha value is -2.70. The molecule has 1 aromatic heterocycles. The number of anilines is 1. The third-order valence-corrected chi connectivity index (χ3v) is 2.32. The molecule has 0 unspecified atom stereocenters. The summed E-state index contributed by atoms with van der Waals surface area (Å²) in [6, 6.07) is 1.19. The van der Waals surface area contributed by atoms with Crippen molar-refractivity contribution in [3.63, 3.8) is 0 Å². The monoisotopic (exact) mass is 262 g/mol. The minimum atomic E-state index is -0.667. The number of carbonyl (C=O) groups is 1. The Balaban J connectivity index is 3.22. The van der Waals surface area contributed by atoms with Gasteiger partial charge in [0, 0.05) is 13.1 Å². The number of aromatic nitrogens is 1. The number of amides is 1. The van der Waals surface area contributed by atoms with Gasteiger partial charge in [-0.05, 0) is 6.07 Å². The second-order valence-electron chi connectivity index (χ2n) is 3.67. The Kier molecular flexibility index (Phi) is 4.76. The van der Waals surface area contributed by atoms with Crippen molar-refractivity contribution in [2.75, 3.05) is 18.8 Å². The molecule has 0 fully saturated rings. The Morgan fingerprint density at radius 3 is 2.53 bits per heavy atom. The Morgan fingerprint density at radius 2 is 2.05 bits per heavy atom. The Labute approximate surface area is 110 Å². The maximum absolute atomic E-state index is 12.2. The predicted molar refractivity (Wildman–Crippen MR) is 71.6 cm³/mol. The third kappa shape index (κ3) is 3.38. The van der Waals surface area contributed by atoms with Gasteiger partial charge in [-0.25, -0.2) is 4.98 Å². The first-order valence-corrected chi connectivity index (χ1v) is 5.42. The number of hydrogen-bond acceptors (Lipinski definition) is 5. The van der Waals surface area contributed by atoms with Crippen LogP contribution in [-0.2, 0) is 0 Å². The van der Waals surface area contributed by atoms with Crippen LogP contribution in [0.5, 0.6) is 0 Å². The van der Waals surface area contributed by atoms with E-state index in [2.05, 4.69) is 18.1 Å². The number of nitro groups is 1. The molecule has 0 aliphatic heterocycles. The maximum Gasteiger partial charge on any atom is 0.300 e. The minimum Gasteiger partial charge on any atom is -0.384 e. The van der Waals surface area contributed by atoms with E-state index in [0.717, 1.165) is 6.20 Å². The molecule has 0 aliphatic carbocycles. The van der Waals surface area contributed by atoms with Crippen molar-refractivity contribution in [2.24, 2.45) is 0 Å². The number of pyridine rings is 1. The van der Waals surface area contributed by atoms with Gasteiger partial charge in [-0.1, -0.05) is 12.2 Å². The highest BCUT2D eigenvalue weighted by molar-refractivity contribution is 5.98. The van der Waals surface area contributed by atoms with E-state index in [1.807, 2.05) is 0 Å². The number of nitrogens with zero attached hydrogens (tertiary/aromatic N) is 3. The lowest BCUT2D eigenvalue weighted by Gasteiger charge is -2.19. The zero-order chi connectivity index (χ0) is 14.4. The topological polar surface area (TPSA) is 102 Å². The van der Waals surface area contributed by atoms with Gasteiger partial charge in [0.2, 0.25) is 0 Å². The van der Waals surface area contributed by atoms with E-state index in [1.54, 1.807) is 0 Å². The molecule has 100 valence electrons. The van der Waals surface area contributed by atoms with Crippen LogP contribution in [0.2, 0.25) is 0 Å². The smallest absolute Gasteiger partial charge is 0.300 e. The van der Waals surface area contributed by atoms with Crippen molar-refractivity contribution in [2.45, 2.75) is 0 Å². The number of nitrogen functional groups attached to an aromatic ring is 1. The molecular formula is C12H14N4O3. The molecule has 1 heterocycles. The van der Waals surface area contributed by atoms with Crippen LogP contribution in [-0.4, -0.2) is 33.8 Å². The second-order valence-corrected chi connectivity index (χ2v) is 3.67. The van der Waals surface area contributed by atoms with Crippen LogP contribution >= 0.6 is 0 Å². The quantitative estimate of drug-likeness (QED) is 0.474. The summed E-state index contributed by atoms with van der Waals surface area (Å²) in [6.45, 7) is 7.58. The van der Waals surface area contributed by atoms with E-state index >= 15 is 0 Å². The normalized spacial score (nSPS) is 9.68. The molecular weight excluding hydrogens is 248 g/mol. The molecule has 0 aliphatic rings. The Bertz CT molecular complexity index is 518. The van der Waals surface area contributed by atoms with Crippen molar-refractivity contribution in [3.8, 4) is 0 Å². The van der Waals surface area contributed by atoms with Gasteiger partial charge in [0.05, 0.1) is 4.92 Å². The summed E-state index contributed by atoms with van der Waals surface area (Å²) in [5.74, 6) is -0.466. The van der Waals surface area contributed by atoms with E-state index in [0.29, 0.717) is 0 Å². The van der Waals surface area contributed by atoms with E-state index in [1.165, 1.54) is 23.1 Å². The fourth-order valence-corrected chi connectivity index (χ4v) is 1.50. The van der Waals surface area contributed by atoms with Gasteiger partial charge in [-0.3, -0.25) is 14.9 Å². The SMILES string of the molecule is C=CCN(CC=C)C(=O)c1cc(N)ncc1[N+](=O)[O-]. The number of rotatable bonds is 6. The van der Waals surface area contributed by atoms with Gasteiger partial charge in [0.1, 0.15) is 17.6 Å². The van der Waals surface area contributed by atoms with Gasteiger partial charge in [0.25, 0.3) is 11.6 Å². The Morgan fingerprint density at radius 1 is 1.47 bits per heavy atom. The van der Waals surface area contributed by atoms with E-state index < -0.39 is 10.8 Å². The molecule has 7 nitrogen and oxygen atoms in total. The molecule has 1 rings (SSSR count). The van der Waals surface area contributed by atoms with Crippen LogP contribution in [0.1, 0.15) is 10.4 Å². The fourth-order valence-electron chi connectivity index (χ4n) is 1.50. The molecule has 0 saturated heterocycles. The van der Waals surface area contributed by atoms with Crippen LogP contribution in [0.25, 0.3) is 0 Å². The van der Waals surface area contributed by atoms with Gasteiger partial charge in [0.15, 0.2) is 0 Å². The molecule has 1 amide bonds. The summed E-state index contributed by atoms with van der Waals surface area (Å²) in [5, 5.41) is 10.9. The molecule has 0 aromatic carbocycles. The lowest BCUT2D eigenvalue weighted by molar-refractivity contribution is -0.385. The zero-order valence-corrected chi connectivity index (χ0v) is 10.3. The van der Waals surface area contributed by atoms with Crippen LogP contribution < -0.4 is 5.73 Å². The van der Waals surface area contributed by atoms with E-state index in [9.17, 15) is 14.9 Å². The highest BCUT2D eigenvalue weighted by Crippen LogP contribution is 2.20. The molecule has 19 heavy (non-hydrogen) atoms. The highest BCUT2D eigenvalue weighted by atomic mass is 16.6. The van der Waals surface area contributed by atoms with Crippen molar-refractivity contribution < 1.29 is 9.72 Å². The second kappa shape index (κ2) is 6.29. The van der Waals surface area contributed by atoms with Crippen LogP contribution in [0.4, 0.5) is 11.5 Å². The van der Waals surface area contributed by atoms with Crippen molar-refractivity contribution in [3.05, 3.63) is 53.3 Å².